The van der Waals surface area contributed by atoms with Gasteiger partial charge in [0.1, 0.15) is 0 Å². The van der Waals surface area contributed by atoms with E-state index in [4.69, 9.17) is 0 Å². The molecule has 3 aliphatic rings. The van der Waals surface area contributed by atoms with Crippen LogP contribution < -0.4 is 0 Å². The van der Waals surface area contributed by atoms with E-state index < -0.39 is 6.10 Å². The first-order valence-corrected chi connectivity index (χ1v) is 6.25. The number of allylic oxidation sites excluding steroid dienone is 4. The summed E-state index contributed by atoms with van der Waals surface area (Å²) in [4.78, 5) is 11.7. The molecule has 6 unspecified atom stereocenters. The highest BCUT2D eigenvalue weighted by molar-refractivity contribution is 5.93. The number of hydrogen-bond acceptors (Lipinski definition) is 2. The number of ketones is 1. The first-order valence-electron chi connectivity index (χ1n) is 6.25. The fourth-order valence-corrected chi connectivity index (χ4v) is 3.87. The fourth-order valence-electron chi connectivity index (χ4n) is 3.87. The van der Waals surface area contributed by atoms with Crippen molar-refractivity contribution in [2.24, 2.45) is 29.6 Å². The van der Waals surface area contributed by atoms with Gasteiger partial charge >= 0.3 is 0 Å². The summed E-state index contributed by atoms with van der Waals surface area (Å²) in [6.45, 7) is 2.16. The third-order valence-corrected chi connectivity index (χ3v) is 4.71. The average molecular weight is 218 g/mol. The van der Waals surface area contributed by atoms with Gasteiger partial charge in [0.15, 0.2) is 5.78 Å². The molecule has 3 aliphatic carbocycles. The van der Waals surface area contributed by atoms with Crippen molar-refractivity contribution in [3.05, 3.63) is 24.3 Å². The standard InChI is InChI=1S/C14H18O2/c1-8-3-2-4-10-9-5-6-12(15)11(7-9)14(16)13(8)10/h2-3,5-6,8-11,13-14,16H,4,7H2,1H3. The van der Waals surface area contributed by atoms with Crippen molar-refractivity contribution in [3.63, 3.8) is 0 Å². The lowest BCUT2D eigenvalue weighted by molar-refractivity contribution is -0.131. The molecule has 6 atom stereocenters. The van der Waals surface area contributed by atoms with Gasteiger partial charge in [0, 0.05) is 5.92 Å². The Morgan fingerprint density at radius 2 is 2.19 bits per heavy atom. The molecule has 86 valence electrons. The molecular formula is C14H18O2. The number of aliphatic hydroxyl groups excluding tert-OH is 1. The zero-order valence-corrected chi connectivity index (χ0v) is 9.54. The van der Waals surface area contributed by atoms with Crippen molar-refractivity contribution in [2.75, 3.05) is 0 Å². The van der Waals surface area contributed by atoms with Gasteiger partial charge in [0.2, 0.25) is 0 Å². The highest BCUT2D eigenvalue weighted by Gasteiger charge is 2.48. The molecule has 0 heterocycles. The van der Waals surface area contributed by atoms with Crippen LogP contribution in [-0.4, -0.2) is 17.0 Å². The van der Waals surface area contributed by atoms with Crippen molar-refractivity contribution in [1.29, 1.82) is 0 Å². The molecule has 0 saturated heterocycles. The fraction of sp³-hybridized carbons (Fsp3) is 0.643. The summed E-state index contributed by atoms with van der Waals surface area (Å²) in [7, 11) is 0. The molecule has 1 saturated carbocycles. The van der Waals surface area contributed by atoms with Crippen LogP contribution in [0.2, 0.25) is 0 Å². The van der Waals surface area contributed by atoms with Crippen LogP contribution in [0.5, 0.6) is 0 Å². The Bertz CT molecular complexity index is 369. The first kappa shape index (κ1) is 10.3. The predicted octanol–water partition coefficient (Wildman–Crippen LogP) is 1.95. The number of carbonyl (C=O) groups is 1. The van der Waals surface area contributed by atoms with Crippen LogP contribution >= 0.6 is 0 Å². The molecular weight excluding hydrogens is 200 g/mol. The second-order valence-corrected chi connectivity index (χ2v) is 5.52. The SMILES string of the molecule is CC1C=CCC2C3C=CC(=O)C(C3)C(O)C12. The van der Waals surface area contributed by atoms with Crippen molar-refractivity contribution in [1.82, 2.24) is 0 Å². The minimum atomic E-state index is -0.432. The smallest absolute Gasteiger partial charge is 0.161 e. The Labute approximate surface area is 96.0 Å². The van der Waals surface area contributed by atoms with Gasteiger partial charge in [-0.05, 0) is 42.6 Å². The summed E-state index contributed by atoms with van der Waals surface area (Å²) < 4.78 is 0. The lowest BCUT2D eigenvalue weighted by atomic mass is 9.57. The Balaban J connectivity index is 1.99. The summed E-state index contributed by atoms with van der Waals surface area (Å²) in [5.74, 6) is 1.72. The average Bonchev–Trinajstić information content (AvgIpc) is 2.28. The van der Waals surface area contributed by atoms with Crippen molar-refractivity contribution in [2.45, 2.75) is 25.9 Å². The van der Waals surface area contributed by atoms with Gasteiger partial charge in [-0.1, -0.05) is 25.2 Å². The monoisotopic (exact) mass is 218 g/mol. The Morgan fingerprint density at radius 1 is 1.38 bits per heavy atom. The number of aliphatic hydroxyl groups is 1. The molecule has 1 N–H and O–H groups in total. The van der Waals surface area contributed by atoms with E-state index in [-0.39, 0.29) is 17.6 Å². The van der Waals surface area contributed by atoms with Gasteiger partial charge in [0.25, 0.3) is 0 Å². The minimum Gasteiger partial charge on any atom is -0.392 e. The van der Waals surface area contributed by atoms with Crippen LogP contribution in [0.1, 0.15) is 19.8 Å². The van der Waals surface area contributed by atoms with E-state index in [0.717, 1.165) is 12.8 Å². The van der Waals surface area contributed by atoms with Gasteiger partial charge in [-0.2, -0.15) is 0 Å². The third kappa shape index (κ3) is 1.32. The molecule has 0 aromatic heterocycles. The molecule has 2 bridgehead atoms. The van der Waals surface area contributed by atoms with E-state index in [9.17, 15) is 9.90 Å². The zero-order chi connectivity index (χ0) is 11.3. The Hall–Kier alpha value is -0.890. The van der Waals surface area contributed by atoms with Gasteiger partial charge in [-0.25, -0.2) is 0 Å². The molecule has 0 aromatic rings. The molecule has 0 aliphatic heterocycles. The number of rotatable bonds is 0. The first-order chi connectivity index (χ1) is 7.68. The maximum atomic E-state index is 11.7. The van der Waals surface area contributed by atoms with Crippen LogP contribution in [0.25, 0.3) is 0 Å². The molecule has 1 fully saturated rings. The summed E-state index contributed by atoms with van der Waals surface area (Å²) in [5, 5.41) is 10.4. The van der Waals surface area contributed by atoms with Crippen LogP contribution in [0.4, 0.5) is 0 Å². The largest absolute Gasteiger partial charge is 0.392 e. The highest BCUT2D eigenvalue weighted by atomic mass is 16.3. The topological polar surface area (TPSA) is 37.3 Å². The second kappa shape index (κ2) is 3.56. The number of hydrogen-bond donors (Lipinski definition) is 1. The Morgan fingerprint density at radius 3 is 3.00 bits per heavy atom. The van der Waals surface area contributed by atoms with Crippen LogP contribution in [0, 0.1) is 29.6 Å². The third-order valence-electron chi connectivity index (χ3n) is 4.71. The predicted molar refractivity (Wildman–Crippen MR) is 61.7 cm³/mol. The zero-order valence-electron chi connectivity index (χ0n) is 9.54. The molecule has 2 nitrogen and oxygen atoms in total. The van der Waals surface area contributed by atoms with Gasteiger partial charge < -0.3 is 5.11 Å². The molecule has 2 heteroatoms. The van der Waals surface area contributed by atoms with Crippen molar-refractivity contribution < 1.29 is 9.90 Å². The molecule has 0 radical (unpaired) electrons. The van der Waals surface area contributed by atoms with E-state index in [1.165, 1.54) is 0 Å². The second-order valence-electron chi connectivity index (χ2n) is 5.52. The van der Waals surface area contributed by atoms with E-state index in [1.54, 1.807) is 6.08 Å². The lowest BCUT2D eigenvalue weighted by Gasteiger charge is -2.48. The maximum absolute atomic E-state index is 11.7. The molecule has 16 heavy (non-hydrogen) atoms. The maximum Gasteiger partial charge on any atom is 0.161 e. The van der Waals surface area contributed by atoms with Crippen LogP contribution in [0.15, 0.2) is 24.3 Å². The molecule has 0 spiro atoms. The van der Waals surface area contributed by atoms with E-state index >= 15 is 0 Å². The minimum absolute atomic E-state index is 0.129. The summed E-state index contributed by atoms with van der Waals surface area (Å²) in [6.07, 6.45) is 9.69. The molecule has 0 aromatic carbocycles. The number of carbonyl (C=O) groups excluding carboxylic acids is 1. The summed E-state index contributed by atoms with van der Waals surface area (Å²) >= 11 is 0. The quantitative estimate of drug-likeness (QED) is 0.631. The van der Waals surface area contributed by atoms with Gasteiger partial charge in [-0.3, -0.25) is 4.79 Å². The van der Waals surface area contributed by atoms with E-state index in [0.29, 0.717) is 17.8 Å². The molecule has 3 rings (SSSR count). The van der Waals surface area contributed by atoms with E-state index in [1.807, 2.05) is 0 Å². The van der Waals surface area contributed by atoms with Crippen LogP contribution in [0.3, 0.4) is 0 Å². The van der Waals surface area contributed by atoms with Crippen LogP contribution in [-0.2, 0) is 4.79 Å². The summed E-state index contributed by atoms with van der Waals surface area (Å²) in [5.41, 5.74) is 0. The van der Waals surface area contributed by atoms with Crippen molar-refractivity contribution in [3.8, 4) is 0 Å². The number of fused-ring (bicyclic) bond motifs is 4. The van der Waals surface area contributed by atoms with Gasteiger partial charge in [0.05, 0.1) is 6.10 Å². The molecule has 0 amide bonds. The highest BCUT2D eigenvalue weighted by Crippen LogP contribution is 2.48. The Kier molecular flexibility index (Phi) is 2.28. The van der Waals surface area contributed by atoms with Gasteiger partial charge in [-0.15, -0.1) is 0 Å². The lowest BCUT2D eigenvalue weighted by Crippen LogP contribution is -2.50. The van der Waals surface area contributed by atoms with E-state index in [2.05, 4.69) is 25.2 Å². The summed E-state index contributed by atoms with van der Waals surface area (Å²) in [6, 6.07) is 0. The van der Waals surface area contributed by atoms with Crippen molar-refractivity contribution >= 4 is 5.78 Å². The normalized spacial score (nSPS) is 50.2.